The van der Waals surface area contributed by atoms with Crippen molar-refractivity contribution in [2.45, 2.75) is 24.5 Å². The van der Waals surface area contributed by atoms with Crippen LogP contribution in [0.4, 0.5) is 5.69 Å². The van der Waals surface area contributed by atoms with Crippen LogP contribution in [-0.4, -0.2) is 9.19 Å². The average molecular weight is 266 g/mol. The smallest absolute Gasteiger partial charge is 0.0897 e. The number of anilines is 1. The van der Waals surface area contributed by atoms with Crippen molar-refractivity contribution < 1.29 is 4.21 Å². The Morgan fingerprint density at radius 2 is 2.18 bits per heavy atom. The highest BCUT2D eigenvalue weighted by atomic mass is 32.2. The predicted octanol–water partition coefficient (Wildman–Crippen LogP) is 2.65. The summed E-state index contributed by atoms with van der Waals surface area (Å²) < 4.78 is 12.2. The maximum Gasteiger partial charge on any atom is 0.0897 e. The van der Waals surface area contributed by atoms with E-state index in [9.17, 15) is 4.21 Å². The molecule has 0 spiro atoms. The lowest BCUT2D eigenvalue weighted by Crippen LogP contribution is -2.00. The first-order valence-electron chi connectivity index (χ1n) is 5.22. The fraction of sp³-hybridized carbons (Fsp3) is 0.250. The zero-order chi connectivity index (χ0) is 12.4. The zero-order valence-electron chi connectivity index (χ0n) is 9.77. The summed E-state index contributed by atoms with van der Waals surface area (Å²) in [6, 6.07) is 5.46. The Balaban J connectivity index is 2.20. The Kier molecular flexibility index (Phi) is 3.59. The van der Waals surface area contributed by atoms with Crippen LogP contribution < -0.4 is 5.73 Å². The van der Waals surface area contributed by atoms with E-state index in [1.165, 1.54) is 0 Å². The van der Waals surface area contributed by atoms with Gasteiger partial charge in [0.1, 0.15) is 0 Å². The van der Waals surface area contributed by atoms with Crippen LogP contribution in [-0.2, 0) is 16.6 Å². The van der Waals surface area contributed by atoms with Gasteiger partial charge in [-0.05, 0) is 37.6 Å². The van der Waals surface area contributed by atoms with Crippen molar-refractivity contribution in [1.29, 1.82) is 0 Å². The van der Waals surface area contributed by atoms with Crippen LogP contribution in [0, 0.1) is 13.8 Å². The van der Waals surface area contributed by atoms with Crippen LogP contribution in [0.25, 0.3) is 0 Å². The predicted molar refractivity (Wildman–Crippen MR) is 72.6 cm³/mol. The molecule has 1 atom stereocenters. The third-order valence-electron chi connectivity index (χ3n) is 2.39. The summed E-state index contributed by atoms with van der Waals surface area (Å²) in [5.41, 5.74) is 8.23. The van der Waals surface area contributed by atoms with Crippen molar-refractivity contribution in [1.82, 2.24) is 4.98 Å². The van der Waals surface area contributed by atoms with E-state index < -0.39 is 10.8 Å². The van der Waals surface area contributed by atoms with Gasteiger partial charge >= 0.3 is 0 Å². The summed E-state index contributed by atoms with van der Waals surface area (Å²) in [4.78, 5) is 5.16. The molecule has 0 saturated carbocycles. The van der Waals surface area contributed by atoms with Crippen molar-refractivity contribution in [2.75, 3.05) is 5.73 Å². The number of hydrogen-bond donors (Lipinski definition) is 1. The number of aromatic nitrogens is 1. The first kappa shape index (κ1) is 12.3. The molecule has 0 amide bonds. The van der Waals surface area contributed by atoms with Gasteiger partial charge in [0.15, 0.2) is 0 Å². The van der Waals surface area contributed by atoms with Gasteiger partial charge in [-0.3, -0.25) is 4.21 Å². The molecule has 1 heterocycles. The minimum Gasteiger partial charge on any atom is -0.399 e. The maximum absolute atomic E-state index is 12.2. The number of hydrogen-bond acceptors (Lipinski definition) is 4. The van der Waals surface area contributed by atoms with Gasteiger partial charge in [0, 0.05) is 16.0 Å². The number of benzene rings is 1. The molecular formula is C12H14N2OS2. The number of nitrogens with two attached hydrogens (primary N) is 1. The molecular weight excluding hydrogens is 252 g/mol. The topological polar surface area (TPSA) is 56.0 Å². The molecule has 17 heavy (non-hydrogen) atoms. The van der Waals surface area contributed by atoms with Gasteiger partial charge in [0.25, 0.3) is 0 Å². The van der Waals surface area contributed by atoms with Gasteiger partial charge in [-0.15, -0.1) is 11.3 Å². The van der Waals surface area contributed by atoms with Gasteiger partial charge in [0.2, 0.25) is 0 Å². The molecule has 1 aromatic heterocycles. The fourth-order valence-corrected chi connectivity index (χ4v) is 3.54. The Bertz CT molecular complexity index is 563. The van der Waals surface area contributed by atoms with Crippen molar-refractivity contribution >= 4 is 27.8 Å². The van der Waals surface area contributed by atoms with Crippen LogP contribution >= 0.6 is 11.3 Å². The van der Waals surface area contributed by atoms with E-state index in [4.69, 9.17) is 5.73 Å². The number of nitrogen functional groups attached to an aromatic ring is 1. The zero-order valence-corrected chi connectivity index (χ0v) is 11.4. The van der Waals surface area contributed by atoms with Gasteiger partial charge in [-0.2, -0.15) is 0 Å². The molecule has 2 rings (SSSR count). The van der Waals surface area contributed by atoms with Crippen molar-refractivity contribution in [3.05, 3.63) is 39.8 Å². The Labute approximate surface area is 107 Å². The monoisotopic (exact) mass is 266 g/mol. The molecule has 5 heteroatoms. The molecule has 0 aliphatic heterocycles. The molecule has 0 radical (unpaired) electrons. The van der Waals surface area contributed by atoms with Crippen LogP contribution in [0.5, 0.6) is 0 Å². The molecule has 3 nitrogen and oxygen atoms in total. The Morgan fingerprint density at radius 1 is 1.41 bits per heavy atom. The average Bonchev–Trinajstić information content (AvgIpc) is 2.63. The van der Waals surface area contributed by atoms with Crippen LogP contribution in [0.2, 0.25) is 0 Å². The molecule has 2 N–H and O–H groups in total. The van der Waals surface area contributed by atoms with E-state index in [-0.39, 0.29) is 0 Å². The molecule has 90 valence electrons. The van der Waals surface area contributed by atoms with Gasteiger partial charge in [-0.1, -0.05) is 0 Å². The number of thiazole rings is 1. The highest BCUT2D eigenvalue weighted by molar-refractivity contribution is 7.84. The van der Waals surface area contributed by atoms with E-state index in [0.29, 0.717) is 11.4 Å². The summed E-state index contributed by atoms with van der Waals surface area (Å²) in [6.45, 7) is 3.88. The van der Waals surface area contributed by atoms with E-state index in [1.807, 2.05) is 31.4 Å². The lowest BCUT2D eigenvalue weighted by Gasteiger charge is -2.05. The van der Waals surface area contributed by atoms with E-state index in [0.717, 1.165) is 21.2 Å². The van der Waals surface area contributed by atoms with E-state index in [1.54, 1.807) is 17.4 Å². The van der Waals surface area contributed by atoms with Crippen molar-refractivity contribution in [3.63, 3.8) is 0 Å². The summed E-state index contributed by atoms with van der Waals surface area (Å²) in [6.07, 6.45) is 0. The van der Waals surface area contributed by atoms with Crippen LogP contribution in [0.3, 0.4) is 0 Å². The molecule has 1 unspecified atom stereocenters. The first-order chi connectivity index (χ1) is 8.06. The molecule has 0 aliphatic carbocycles. The molecule has 0 aliphatic rings. The minimum absolute atomic E-state index is 0.467. The molecule has 0 fully saturated rings. The molecule has 0 bridgehead atoms. The summed E-state index contributed by atoms with van der Waals surface area (Å²) >= 11 is 1.58. The van der Waals surface area contributed by atoms with Crippen molar-refractivity contribution in [3.8, 4) is 0 Å². The second kappa shape index (κ2) is 4.98. The summed E-state index contributed by atoms with van der Waals surface area (Å²) in [5, 5.41) is 2.96. The van der Waals surface area contributed by atoms with Gasteiger partial charge in [0.05, 0.1) is 27.3 Å². The summed E-state index contributed by atoms with van der Waals surface area (Å²) in [7, 11) is -1.05. The fourth-order valence-electron chi connectivity index (χ4n) is 1.61. The normalized spacial score (nSPS) is 12.6. The number of nitrogens with zero attached hydrogens (tertiary/aromatic N) is 1. The molecule has 1 aromatic carbocycles. The second-order valence-corrected chi connectivity index (χ2v) is 6.35. The lowest BCUT2D eigenvalue weighted by molar-refractivity contribution is 0.681. The van der Waals surface area contributed by atoms with Gasteiger partial charge < -0.3 is 5.73 Å². The highest BCUT2D eigenvalue weighted by Gasteiger charge is 2.10. The lowest BCUT2D eigenvalue weighted by atomic mass is 10.2. The molecule has 2 aromatic rings. The first-order valence-corrected chi connectivity index (χ1v) is 7.41. The third-order valence-corrected chi connectivity index (χ3v) is 4.72. The van der Waals surface area contributed by atoms with Gasteiger partial charge in [-0.25, -0.2) is 4.98 Å². The Morgan fingerprint density at radius 3 is 2.76 bits per heavy atom. The minimum atomic E-state index is -1.05. The largest absolute Gasteiger partial charge is 0.399 e. The maximum atomic E-state index is 12.2. The number of rotatable bonds is 3. The van der Waals surface area contributed by atoms with Crippen LogP contribution in [0.15, 0.2) is 28.5 Å². The third kappa shape index (κ3) is 2.92. The van der Waals surface area contributed by atoms with Crippen molar-refractivity contribution in [2.24, 2.45) is 0 Å². The highest BCUT2D eigenvalue weighted by Crippen LogP contribution is 2.19. The molecule has 0 saturated heterocycles. The standard InChI is InChI=1S/C12H14N2OS2/c1-8-5-10(13)3-4-12(8)17(15)7-11-6-16-9(2)14-11/h3-6H,7,13H2,1-2H3. The van der Waals surface area contributed by atoms with E-state index >= 15 is 0 Å². The summed E-state index contributed by atoms with van der Waals surface area (Å²) in [5.74, 6) is 0.467. The SMILES string of the molecule is Cc1nc(CS(=O)c2ccc(N)cc2C)cs1. The Hall–Kier alpha value is -1.20. The van der Waals surface area contributed by atoms with Crippen LogP contribution in [0.1, 0.15) is 16.3 Å². The number of aryl methyl sites for hydroxylation is 2. The van der Waals surface area contributed by atoms with E-state index in [2.05, 4.69) is 4.98 Å². The quantitative estimate of drug-likeness (QED) is 0.869. The second-order valence-electron chi connectivity index (χ2n) is 3.87.